The van der Waals surface area contributed by atoms with Gasteiger partial charge in [0.2, 0.25) is 11.8 Å². The lowest BCUT2D eigenvalue weighted by molar-refractivity contribution is -0.131. The van der Waals surface area contributed by atoms with Crippen molar-refractivity contribution in [2.24, 2.45) is 11.8 Å². The van der Waals surface area contributed by atoms with Crippen molar-refractivity contribution < 1.29 is 14.4 Å². The van der Waals surface area contributed by atoms with E-state index in [4.69, 9.17) is 0 Å². The van der Waals surface area contributed by atoms with E-state index >= 15 is 0 Å². The molecule has 1 aromatic heterocycles. The summed E-state index contributed by atoms with van der Waals surface area (Å²) < 4.78 is 0. The Hall–Kier alpha value is -2.67. The molecule has 2 saturated carbocycles. The summed E-state index contributed by atoms with van der Waals surface area (Å²) in [6.45, 7) is 1.73. The number of hydrogen-bond acceptors (Lipinski definition) is 4. The molecule has 2 fully saturated rings. The lowest BCUT2D eigenvalue weighted by Gasteiger charge is -2.28. The fourth-order valence-electron chi connectivity index (χ4n) is 4.02. The molecule has 2 aliphatic carbocycles. The Morgan fingerprint density at radius 3 is 2.55 bits per heavy atom. The van der Waals surface area contributed by atoms with Gasteiger partial charge in [-0.15, -0.1) is 11.3 Å². The highest BCUT2D eigenvalue weighted by Crippen LogP contribution is 2.39. The molecule has 31 heavy (non-hydrogen) atoms. The molecule has 3 amide bonds. The van der Waals surface area contributed by atoms with Crippen LogP contribution in [0.2, 0.25) is 0 Å². The van der Waals surface area contributed by atoms with Crippen LogP contribution in [-0.4, -0.2) is 35.7 Å². The first-order chi connectivity index (χ1) is 15.1. The van der Waals surface area contributed by atoms with E-state index in [9.17, 15) is 14.4 Å². The second-order valence-corrected chi connectivity index (χ2v) is 9.96. The third kappa shape index (κ3) is 4.66. The third-order valence-corrected chi connectivity index (χ3v) is 7.47. The van der Waals surface area contributed by atoms with E-state index in [1.165, 1.54) is 11.3 Å². The maximum absolute atomic E-state index is 13.1. The zero-order chi connectivity index (χ0) is 21.4. The molecule has 7 heteroatoms. The van der Waals surface area contributed by atoms with Crippen LogP contribution in [0.15, 0.2) is 30.3 Å². The summed E-state index contributed by atoms with van der Waals surface area (Å²) in [5.41, 5.74) is 2.45. The van der Waals surface area contributed by atoms with Crippen LogP contribution in [0.4, 0.5) is 5.00 Å². The second kappa shape index (κ2) is 8.46. The molecular weight excluding hydrogens is 410 g/mol. The minimum atomic E-state index is -0.132. The molecule has 0 saturated heterocycles. The first-order valence-electron chi connectivity index (χ1n) is 11.1. The number of benzene rings is 1. The summed E-state index contributed by atoms with van der Waals surface area (Å²) in [6.07, 6.45) is 5.23. The van der Waals surface area contributed by atoms with Gasteiger partial charge in [0.25, 0.3) is 5.91 Å². The highest BCUT2D eigenvalue weighted by atomic mass is 32.1. The van der Waals surface area contributed by atoms with Crippen LogP contribution in [0, 0.1) is 11.8 Å². The topological polar surface area (TPSA) is 78.5 Å². The van der Waals surface area contributed by atoms with Crippen molar-refractivity contribution in [1.82, 2.24) is 10.2 Å². The summed E-state index contributed by atoms with van der Waals surface area (Å²) in [5.74, 6) is 0.591. The van der Waals surface area contributed by atoms with Crippen LogP contribution in [-0.2, 0) is 29.0 Å². The molecule has 1 aliphatic heterocycles. The van der Waals surface area contributed by atoms with Crippen molar-refractivity contribution in [2.75, 3.05) is 18.4 Å². The first-order valence-corrected chi connectivity index (χ1v) is 12.0. The number of carbonyl (C=O) groups excluding carboxylic acids is 3. The minimum Gasteiger partial charge on any atom is -0.352 e. The summed E-state index contributed by atoms with van der Waals surface area (Å²) in [6, 6.07) is 9.73. The molecule has 2 aromatic rings. The summed E-state index contributed by atoms with van der Waals surface area (Å²) in [7, 11) is 0. The number of nitrogens with zero attached hydrogens (tertiary/aromatic N) is 1. The van der Waals surface area contributed by atoms with E-state index in [2.05, 4.69) is 10.6 Å². The van der Waals surface area contributed by atoms with Gasteiger partial charge in [0.05, 0.1) is 12.0 Å². The van der Waals surface area contributed by atoms with E-state index < -0.39 is 0 Å². The normalized spacial score (nSPS) is 17.7. The van der Waals surface area contributed by atoms with Gasteiger partial charge in [0.15, 0.2) is 0 Å². The number of fused-ring (bicyclic) bond motifs is 1. The van der Waals surface area contributed by atoms with E-state index in [0.717, 1.165) is 41.7 Å². The quantitative estimate of drug-likeness (QED) is 0.697. The van der Waals surface area contributed by atoms with Gasteiger partial charge in [-0.1, -0.05) is 30.3 Å². The molecule has 0 bridgehead atoms. The summed E-state index contributed by atoms with van der Waals surface area (Å²) in [5, 5.41) is 6.71. The van der Waals surface area contributed by atoms with Crippen LogP contribution < -0.4 is 10.6 Å². The van der Waals surface area contributed by atoms with E-state index in [1.54, 1.807) is 0 Å². The predicted molar refractivity (Wildman–Crippen MR) is 120 cm³/mol. The second-order valence-electron chi connectivity index (χ2n) is 8.85. The number of thiophene rings is 1. The Balaban J connectivity index is 1.36. The molecule has 162 valence electrons. The van der Waals surface area contributed by atoms with Gasteiger partial charge in [0.1, 0.15) is 5.00 Å². The number of nitrogens with one attached hydrogen (secondary N) is 2. The lowest BCUT2D eigenvalue weighted by Crippen LogP contribution is -2.37. The monoisotopic (exact) mass is 437 g/mol. The smallest absolute Gasteiger partial charge is 0.254 e. The van der Waals surface area contributed by atoms with Gasteiger partial charge >= 0.3 is 0 Å². The summed E-state index contributed by atoms with van der Waals surface area (Å²) >= 11 is 1.50. The van der Waals surface area contributed by atoms with Crippen LogP contribution >= 0.6 is 11.3 Å². The van der Waals surface area contributed by atoms with Gasteiger partial charge in [-0.05, 0) is 43.6 Å². The molecule has 2 heterocycles. The Morgan fingerprint density at radius 1 is 1.06 bits per heavy atom. The highest BCUT2D eigenvalue weighted by molar-refractivity contribution is 7.17. The van der Waals surface area contributed by atoms with Gasteiger partial charge in [-0.2, -0.15) is 0 Å². The Labute approximate surface area is 186 Å². The van der Waals surface area contributed by atoms with Crippen LogP contribution in [0.3, 0.4) is 0 Å². The minimum absolute atomic E-state index is 0.00634. The maximum Gasteiger partial charge on any atom is 0.254 e. The van der Waals surface area contributed by atoms with Crippen molar-refractivity contribution in [3.05, 3.63) is 51.9 Å². The third-order valence-electron chi connectivity index (χ3n) is 6.26. The van der Waals surface area contributed by atoms with Crippen molar-refractivity contribution in [3.63, 3.8) is 0 Å². The SMILES string of the molecule is O=C(NCC1CC1)c1c(NC(=O)C2CC2)sc2c1CN(C(=O)Cc1ccccc1)CC2. The number of hydrogen-bond donors (Lipinski definition) is 2. The molecule has 0 radical (unpaired) electrons. The summed E-state index contributed by atoms with van der Waals surface area (Å²) in [4.78, 5) is 41.4. The predicted octanol–water partition coefficient (Wildman–Crippen LogP) is 3.36. The van der Waals surface area contributed by atoms with Gasteiger partial charge < -0.3 is 15.5 Å². The number of rotatable bonds is 7. The molecule has 5 rings (SSSR count). The lowest BCUT2D eigenvalue weighted by atomic mass is 10.0. The van der Waals surface area contributed by atoms with Crippen molar-refractivity contribution >= 4 is 34.1 Å². The Kier molecular flexibility index (Phi) is 5.52. The molecule has 6 nitrogen and oxygen atoms in total. The zero-order valence-corrected chi connectivity index (χ0v) is 18.3. The molecule has 0 spiro atoms. The van der Waals surface area contributed by atoms with Crippen LogP contribution in [0.25, 0.3) is 0 Å². The van der Waals surface area contributed by atoms with Gasteiger partial charge in [0, 0.05) is 36.0 Å². The van der Waals surface area contributed by atoms with Crippen LogP contribution in [0.1, 0.15) is 52.0 Å². The first kappa shape index (κ1) is 20.2. The molecule has 3 aliphatic rings. The van der Waals surface area contributed by atoms with Crippen molar-refractivity contribution in [3.8, 4) is 0 Å². The van der Waals surface area contributed by atoms with E-state index in [-0.39, 0.29) is 23.6 Å². The fourth-order valence-corrected chi connectivity index (χ4v) is 5.22. The Bertz CT molecular complexity index is 1010. The maximum atomic E-state index is 13.1. The highest BCUT2D eigenvalue weighted by Gasteiger charge is 2.34. The average molecular weight is 438 g/mol. The number of amides is 3. The van der Waals surface area contributed by atoms with Gasteiger partial charge in [-0.25, -0.2) is 0 Å². The average Bonchev–Trinajstić information content (AvgIpc) is 3.68. The largest absolute Gasteiger partial charge is 0.352 e. The molecule has 0 unspecified atom stereocenters. The fraction of sp³-hybridized carbons (Fsp3) is 0.458. The Morgan fingerprint density at radius 2 is 1.84 bits per heavy atom. The van der Waals surface area contributed by atoms with E-state index in [0.29, 0.717) is 49.0 Å². The molecule has 1 aromatic carbocycles. The molecular formula is C24H27N3O3S. The van der Waals surface area contributed by atoms with Crippen LogP contribution in [0.5, 0.6) is 0 Å². The zero-order valence-electron chi connectivity index (χ0n) is 17.5. The molecule has 2 N–H and O–H groups in total. The molecule has 0 atom stereocenters. The number of anilines is 1. The van der Waals surface area contributed by atoms with Gasteiger partial charge in [-0.3, -0.25) is 14.4 Å². The van der Waals surface area contributed by atoms with Crippen molar-refractivity contribution in [2.45, 2.75) is 45.1 Å². The van der Waals surface area contributed by atoms with E-state index in [1.807, 2.05) is 35.2 Å². The number of carbonyl (C=O) groups is 3. The standard InChI is InChI=1S/C24H27N3O3S/c28-20(12-15-4-2-1-3-5-15)27-11-10-19-18(14-27)21(23(30)25-13-16-6-7-16)24(31-19)26-22(29)17-8-9-17/h1-5,16-17H,6-14H2,(H,25,30)(H,26,29). The van der Waals surface area contributed by atoms with Crippen molar-refractivity contribution in [1.29, 1.82) is 0 Å².